The first-order valence-electron chi connectivity index (χ1n) is 30.5. The number of ether oxygens (including phenoxy) is 4. The Balaban J connectivity index is 0. The molecule has 2 heterocycles. The third kappa shape index (κ3) is 36.7. The minimum Gasteiger partial charge on any atom is -0.668 e. The largest absolute Gasteiger partial charge is 2.00 e. The Labute approximate surface area is 597 Å². The van der Waals surface area contributed by atoms with Gasteiger partial charge >= 0.3 is 93.8 Å². The van der Waals surface area contributed by atoms with Crippen LogP contribution in [0.1, 0.15) is 169 Å². The van der Waals surface area contributed by atoms with Crippen LogP contribution in [0.15, 0.2) is 94.9 Å². The molecule has 6 rings (SSSR count). The van der Waals surface area contributed by atoms with Gasteiger partial charge in [0, 0.05) is 37.8 Å². The molecule has 10 nitrogen and oxygen atoms in total. The maximum absolute atomic E-state index is 5.48. The van der Waals surface area contributed by atoms with Crippen molar-refractivity contribution < 1.29 is 113 Å². The van der Waals surface area contributed by atoms with Gasteiger partial charge in [-0.05, 0) is 106 Å². The standard InChI is InChI=1S/2C24H33N2O.2C6H18NSi2.2C4H8O.2Yb/c2*1-16(2)18-12-11-13-19(17(3)4)22(18)26-23(24(5,6)7)25-20-14-9-10-15-21(20)27-8;2*1-8(2,3)7-9(4,5)6;2*1-2-4-5-3-1;;/h2*9-17H,1-8H3;2*1-6H3;2*1-4H2;;/q4*-1;;;2*+2. The first kappa shape index (κ1) is 85.2. The van der Waals surface area contributed by atoms with Crippen molar-refractivity contribution in [2.45, 2.75) is 225 Å². The molecule has 2 fully saturated rings. The van der Waals surface area contributed by atoms with Gasteiger partial charge in [-0.1, -0.05) is 293 Å². The summed E-state index contributed by atoms with van der Waals surface area (Å²) in [5, 5.41) is 9.84. The first-order valence-corrected chi connectivity index (χ1v) is 44.3. The Hall–Kier alpha value is -0.834. The van der Waals surface area contributed by atoms with Crippen LogP contribution in [0.2, 0.25) is 78.6 Å². The number of hydrogen-bond acceptors (Lipinski definition) is 6. The molecule has 4 aromatic carbocycles. The zero-order valence-electron chi connectivity index (χ0n) is 57.9. The van der Waals surface area contributed by atoms with Crippen LogP contribution in [0, 0.1) is 105 Å². The van der Waals surface area contributed by atoms with Crippen LogP contribution in [0.25, 0.3) is 19.9 Å². The van der Waals surface area contributed by atoms with E-state index in [4.69, 9.17) is 48.9 Å². The van der Waals surface area contributed by atoms with Crippen LogP contribution < -0.4 is 9.47 Å². The molecule has 16 heteroatoms. The number of nitrogens with zero attached hydrogens (tertiary/aromatic N) is 6. The summed E-state index contributed by atoms with van der Waals surface area (Å²) in [5.41, 5.74) is 8.40. The van der Waals surface area contributed by atoms with Crippen molar-refractivity contribution in [1.82, 2.24) is 0 Å². The number of rotatable bonds is 14. The van der Waals surface area contributed by atoms with Crippen LogP contribution in [-0.2, 0) is 9.47 Å². The van der Waals surface area contributed by atoms with E-state index in [9.17, 15) is 0 Å². The van der Waals surface area contributed by atoms with Crippen molar-refractivity contribution in [3.05, 3.63) is 127 Å². The number of aliphatic imine (C=N–C) groups is 2. The number of para-hydroxylation sites is 6. The third-order valence-corrected chi connectivity index (χ3v) is 22.8. The monoisotopic (exact) mass is 1540 g/mol. The van der Waals surface area contributed by atoms with Gasteiger partial charge in [0.1, 0.15) is 11.5 Å². The van der Waals surface area contributed by atoms with E-state index >= 15 is 0 Å². The van der Waals surface area contributed by atoms with Crippen molar-refractivity contribution in [2.24, 2.45) is 20.8 Å². The van der Waals surface area contributed by atoms with E-state index in [1.54, 1.807) is 14.2 Å². The smallest absolute Gasteiger partial charge is 0.668 e. The number of benzene rings is 4. The van der Waals surface area contributed by atoms with E-state index in [1.165, 1.54) is 47.9 Å². The zero-order valence-corrected chi connectivity index (χ0v) is 65.3. The van der Waals surface area contributed by atoms with E-state index < -0.39 is 32.9 Å². The fraction of sp³-hybridized carbons (Fsp3) is 0.618. The SMILES string of the molecule is C1CCOC1.C1CCOC1.COc1ccccc1[N-]C(=Nc1c(C(C)C)cccc1C(C)C)C(C)(C)C.COc1ccccc1[N-]C(=Nc1c(C(C)C)cccc1C(C)C)C(C)(C)C.C[Si](C)(C)[N-][Si](C)(C)C.C[Si](C)(C)[N-][Si](C)(C)C.[Yb+2].[Yb+2]. The fourth-order valence-electron chi connectivity index (χ4n) is 8.92. The van der Waals surface area contributed by atoms with Crippen LogP contribution in [0.3, 0.4) is 0 Å². The van der Waals surface area contributed by atoms with Crippen LogP contribution >= 0.6 is 0 Å². The Kier molecular flexibility index (Phi) is 41.4. The number of methoxy groups -OCH3 is 2. The Bertz CT molecular complexity index is 2240. The van der Waals surface area contributed by atoms with E-state index in [2.05, 4.69) is 212 Å². The van der Waals surface area contributed by atoms with Gasteiger partial charge in [-0.25, -0.2) is 0 Å². The molecule has 0 aromatic heterocycles. The predicted molar refractivity (Wildman–Crippen MR) is 375 cm³/mol. The molecule has 2 aliphatic heterocycles. The summed E-state index contributed by atoms with van der Waals surface area (Å²) in [6.07, 6.45) is 5.11. The van der Waals surface area contributed by atoms with Gasteiger partial charge in [-0.2, -0.15) is 0 Å². The summed E-state index contributed by atoms with van der Waals surface area (Å²) in [6.45, 7) is 62.2. The minimum absolute atomic E-state index is 0. The second-order valence-electron chi connectivity index (χ2n) is 28.7. The van der Waals surface area contributed by atoms with Crippen LogP contribution in [-0.4, -0.2) is 85.3 Å². The molecule has 0 saturated carbocycles. The summed E-state index contributed by atoms with van der Waals surface area (Å²) in [7, 11) is -1.08. The Morgan fingerprint density at radius 3 is 0.810 bits per heavy atom. The maximum atomic E-state index is 5.48. The molecule has 0 bridgehead atoms. The summed E-state index contributed by atoms with van der Waals surface area (Å²) in [6, 6.07) is 28.7. The van der Waals surface area contributed by atoms with Crippen LogP contribution in [0.5, 0.6) is 11.5 Å². The van der Waals surface area contributed by atoms with E-state index in [-0.39, 0.29) is 105 Å². The molecule has 0 radical (unpaired) electrons. The molecule has 0 aliphatic carbocycles. The molecule has 0 unspecified atom stereocenters. The van der Waals surface area contributed by atoms with Crippen molar-refractivity contribution >= 4 is 67.4 Å². The van der Waals surface area contributed by atoms with Gasteiger partial charge in [0.15, 0.2) is 0 Å². The molecule has 488 valence electrons. The second-order valence-corrected chi connectivity index (χ2v) is 47.8. The predicted octanol–water partition coefficient (Wildman–Crippen LogP) is 23.1. The second kappa shape index (κ2) is 40.8. The number of hydrogen-bond donors (Lipinski definition) is 0. The average molecular weight is 1540 g/mol. The van der Waals surface area contributed by atoms with E-state index in [0.717, 1.165) is 72.3 Å². The summed E-state index contributed by atoms with van der Waals surface area (Å²) >= 11 is 0. The molecule has 4 aromatic rings. The van der Waals surface area contributed by atoms with Crippen molar-refractivity contribution in [2.75, 3.05) is 40.6 Å². The molecule has 2 aliphatic rings. The van der Waals surface area contributed by atoms with Gasteiger partial charge in [0.2, 0.25) is 0 Å². The van der Waals surface area contributed by atoms with E-state index in [0.29, 0.717) is 23.7 Å². The van der Waals surface area contributed by atoms with Gasteiger partial charge < -0.3 is 48.9 Å². The van der Waals surface area contributed by atoms with Gasteiger partial charge in [-0.3, -0.25) is 0 Å². The van der Waals surface area contributed by atoms with Gasteiger partial charge in [-0.15, -0.1) is 0 Å². The summed E-state index contributed by atoms with van der Waals surface area (Å²) in [4.78, 5) is 10.3. The minimum atomic E-state index is -1.11. The first-order chi connectivity index (χ1) is 37.7. The van der Waals surface area contributed by atoms with Crippen LogP contribution in [0.4, 0.5) is 22.7 Å². The topological polar surface area (TPSA) is 118 Å². The molecule has 2 saturated heterocycles. The van der Waals surface area contributed by atoms with E-state index in [1.807, 2.05) is 48.5 Å². The van der Waals surface area contributed by atoms with Gasteiger partial charge in [0.25, 0.3) is 0 Å². The Morgan fingerprint density at radius 2 is 0.643 bits per heavy atom. The van der Waals surface area contributed by atoms with Gasteiger partial charge in [0.05, 0.1) is 14.2 Å². The molecular formula is C68H118N6O4Si4Yb2. The third-order valence-electron chi connectivity index (χ3n) is 12.1. The molecule has 0 N–H and O–H groups in total. The fourth-order valence-corrected chi connectivity index (χ4v) is 25.0. The molecular weight excluding hydrogens is 1420 g/mol. The summed E-state index contributed by atoms with van der Waals surface area (Å²) < 4.78 is 30.5. The maximum Gasteiger partial charge on any atom is 2.00 e. The average Bonchev–Trinajstić information content (AvgIpc) is 4.13. The molecule has 84 heavy (non-hydrogen) atoms. The normalized spacial score (nSPS) is 14.0. The summed E-state index contributed by atoms with van der Waals surface area (Å²) in [5.74, 6) is 4.73. The van der Waals surface area contributed by atoms with Crippen molar-refractivity contribution in [3.63, 3.8) is 0 Å². The molecule has 0 amide bonds. The van der Waals surface area contributed by atoms with Crippen molar-refractivity contribution in [1.29, 1.82) is 0 Å². The molecule has 0 atom stereocenters. The van der Waals surface area contributed by atoms with Crippen molar-refractivity contribution in [3.8, 4) is 11.5 Å². The zero-order chi connectivity index (χ0) is 62.9. The molecule has 0 spiro atoms. The quantitative estimate of drug-likeness (QED) is 0.0710. The Morgan fingerprint density at radius 1 is 0.405 bits per heavy atom. The number of amidine groups is 2.